The number of hydrogen-bond donors (Lipinski definition) is 1. The summed E-state index contributed by atoms with van der Waals surface area (Å²) in [5.41, 5.74) is 3.23. The number of imidazole rings is 1. The molecule has 4 rings (SSSR count). The Morgan fingerprint density at radius 2 is 2.00 bits per heavy atom. The van der Waals surface area contributed by atoms with Crippen LogP contribution in [0.15, 0.2) is 72.0 Å². The van der Waals surface area contributed by atoms with Gasteiger partial charge in [0.25, 0.3) is 5.69 Å². The molecule has 144 valence electrons. The molecule has 1 aromatic heterocycles. The molecule has 0 spiro atoms. The number of para-hydroxylation sites is 2. The molecule has 8 nitrogen and oxygen atoms in total. The molecule has 0 saturated heterocycles. The monoisotopic (exact) mass is 388 g/mol. The molecule has 4 aromatic rings. The zero-order valence-electron chi connectivity index (χ0n) is 15.4. The lowest BCUT2D eigenvalue weighted by Gasteiger charge is -2.09. The quantitative estimate of drug-likeness (QED) is 0.310. The molecule has 0 atom stereocenters. The van der Waals surface area contributed by atoms with Gasteiger partial charge >= 0.3 is 0 Å². The number of fused-ring (bicyclic) bond motifs is 1. The molecule has 1 heterocycles. The summed E-state index contributed by atoms with van der Waals surface area (Å²) >= 11 is 0. The summed E-state index contributed by atoms with van der Waals surface area (Å²) in [5.74, 6) is 0.649. The average molecular weight is 388 g/mol. The number of rotatable bonds is 5. The van der Waals surface area contributed by atoms with Crippen LogP contribution < -0.4 is 4.74 Å². The van der Waals surface area contributed by atoms with E-state index in [1.165, 1.54) is 24.4 Å². The van der Waals surface area contributed by atoms with Crippen molar-refractivity contribution in [2.45, 2.75) is 0 Å². The number of non-ortho nitro benzene ring substituents is 1. The van der Waals surface area contributed by atoms with E-state index in [1.807, 2.05) is 34.9 Å². The van der Waals surface area contributed by atoms with E-state index < -0.39 is 4.92 Å². The summed E-state index contributed by atoms with van der Waals surface area (Å²) in [6, 6.07) is 16.9. The fraction of sp³-hybridized carbons (Fsp3) is 0.0476. The van der Waals surface area contributed by atoms with Gasteiger partial charge in [-0.1, -0.05) is 12.1 Å². The number of ether oxygens (including phenoxy) is 1. The van der Waals surface area contributed by atoms with Crippen molar-refractivity contribution < 1.29 is 14.8 Å². The minimum atomic E-state index is -0.521. The smallest absolute Gasteiger partial charge is 0.270 e. The first-order valence-electron chi connectivity index (χ1n) is 8.69. The molecule has 0 aliphatic heterocycles. The van der Waals surface area contributed by atoms with Crippen LogP contribution in [0.3, 0.4) is 0 Å². The minimum absolute atomic E-state index is 0.0825. The van der Waals surface area contributed by atoms with Crippen LogP contribution in [0.25, 0.3) is 16.7 Å². The third-order valence-electron chi connectivity index (χ3n) is 4.45. The Kier molecular flexibility index (Phi) is 4.66. The molecule has 0 unspecified atom stereocenters. The standard InChI is InChI=1S/C21H16N4O4/c1-29-21-5-3-2-4-19(21)24-13-23-17-11-15(6-8-18(17)24)22-12-14-10-16(25(27)28)7-9-20(14)26/h2-13,26H,1H3. The fourth-order valence-electron chi connectivity index (χ4n) is 3.01. The van der Waals surface area contributed by atoms with Crippen molar-refractivity contribution in [2.75, 3.05) is 7.11 Å². The highest BCUT2D eigenvalue weighted by atomic mass is 16.6. The van der Waals surface area contributed by atoms with Gasteiger partial charge in [0.15, 0.2) is 0 Å². The summed E-state index contributed by atoms with van der Waals surface area (Å²) in [6.07, 6.45) is 3.10. The van der Waals surface area contributed by atoms with E-state index >= 15 is 0 Å². The van der Waals surface area contributed by atoms with Gasteiger partial charge in [0.05, 0.1) is 34.4 Å². The van der Waals surface area contributed by atoms with E-state index in [2.05, 4.69) is 9.98 Å². The highest BCUT2D eigenvalue weighted by Gasteiger charge is 2.11. The second kappa shape index (κ2) is 7.43. The number of phenolic OH excluding ortho intramolecular Hbond substituents is 1. The number of nitro benzene ring substituents is 1. The first-order valence-corrected chi connectivity index (χ1v) is 8.69. The number of benzene rings is 3. The van der Waals surface area contributed by atoms with Crippen molar-refractivity contribution in [1.29, 1.82) is 0 Å². The maximum absolute atomic E-state index is 10.9. The molecule has 0 amide bonds. The van der Waals surface area contributed by atoms with E-state index in [0.717, 1.165) is 22.5 Å². The zero-order chi connectivity index (χ0) is 20.4. The van der Waals surface area contributed by atoms with Crippen molar-refractivity contribution in [1.82, 2.24) is 9.55 Å². The molecular weight excluding hydrogens is 372 g/mol. The van der Waals surface area contributed by atoms with Gasteiger partial charge in [0.1, 0.15) is 17.8 Å². The van der Waals surface area contributed by atoms with E-state index in [0.29, 0.717) is 5.69 Å². The lowest BCUT2D eigenvalue weighted by molar-refractivity contribution is -0.384. The number of nitro groups is 1. The molecule has 0 fully saturated rings. The second-order valence-corrected chi connectivity index (χ2v) is 6.22. The Labute approximate surface area is 165 Å². The minimum Gasteiger partial charge on any atom is -0.507 e. The molecule has 0 radical (unpaired) electrons. The van der Waals surface area contributed by atoms with Crippen LogP contribution in [-0.2, 0) is 0 Å². The van der Waals surface area contributed by atoms with Gasteiger partial charge in [-0.25, -0.2) is 4.98 Å². The van der Waals surface area contributed by atoms with E-state index in [9.17, 15) is 15.2 Å². The molecule has 29 heavy (non-hydrogen) atoms. The van der Waals surface area contributed by atoms with Gasteiger partial charge in [-0.05, 0) is 36.4 Å². The third-order valence-corrected chi connectivity index (χ3v) is 4.45. The maximum atomic E-state index is 10.9. The van der Waals surface area contributed by atoms with Crippen LogP contribution >= 0.6 is 0 Å². The summed E-state index contributed by atoms with van der Waals surface area (Å²) in [6.45, 7) is 0. The van der Waals surface area contributed by atoms with Crippen molar-refractivity contribution in [3.63, 3.8) is 0 Å². The number of hydrogen-bond acceptors (Lipinski definition) is 6. The van der Waals surface area contributed by atoms with Crippen LogP contribution in [0, 0.1) is 10.1 Å². The largest absolute Gasteiger partial charge is 0.507 e. The van der Waals surface area contributed by atoms with Gasteiger partial charge in [0.2, 0.25) is 0 Å². The van der Waals surface area contributed by atoms with Gasteiger partial charge < -0.3 is 9.84 Å². The SMILES string of the molecule is COc1ccccc1-n1cnc2cc(N=Cc3cc([N+](=O)[O-])ccc3O)ccc21. The number of methoxy groups -OCH3 is 1. The highest BCUT2D eigenvalue weighted by molar-refractivity contribution is 5.88. The summed E-state index contributed by atoms with van der Waals surface area (Å²) in [4.78, 5) is 19.1. The first-order chi connectivity index (χ1) is 14.1. The Hall–Kier alpha value is -4.20. The van der Waals surface area contributed by atoms with E-state index in [4.69, 9.17) is 4.74 Å². The molecule has 0 aliphatic rings. The lowest BCUT2D eigenvalue weighted by atomic mass is 10.2. The molecule has 1 N–H and O–H groups in total. The Balaban J connectivity index is 1.69. The Bertz CT molecular complexity index is 1250. The first kappa shape index (κ1) is 18.2. The second-order valence-electron chi connectivity index (χ2n) is 6.22. The fourth-order valence-corrected chi connectivity index (χ4v) is 3.01. The topological polar surface area (TPSA) is 103 Å². The van der Waals surface area contributed by atoms with Crippen molar-refractivity contribution in [2.24, 2.45) is 4.99 Å². The van der Waals surface area contributed by atoms with Gasteiger partial charge in [-0.2, -0.15) is 0 Å². The van der Waals surface area contributed by atoms with Crippen LogP contribution in [0.2, 0.25) is 0 Å². The van der Waals surface area contributed by atoms with Crippen molar-refractivity contribution in [3.05, 3.63) is 82.7 Å². The van der Waals surface area contributed by atoms with Gasteiger partial charge in [-0.15, -0.1) is 0 Å². The average Bonchev–Trinajstić information content (AvgIpc) is 3.16. The molecule has 0 saturated carbocycles. The summed E-state index contributed by atoms with van der Waals surface area (Å²) < 4.78 is 7.35. The number of nitrogens with zero attached hydrogens (tertiary/aromatic N) is 4. The maximum Gasteiger partial charge on any atom is 0.270 e. The highest BCUT2D eigenvalue weighted by Crippen LogP contribution is 2.28. The number of aromatic hydroxyl groups is 1. The van der Waals surface area contributed by atoms with Gasteiger partial charge in [0, 0.05) is 23.9 Å². The van der Waals surface area contributed by atoms with Crippen molar-refractivity contribution in [3.8, 4) is 17.2 Å². The predicted molar refractivity (Wildman–Crippen MR) is 110 cm³/mol. The molecule has 0 bridgehead atoms. The lowest BCUT2D eigenvalue weighted by Crippen LogP contribution is -1.96. The van der Waals surface area contributed by atoms with E-state index in [1.54, 1.807) is 25.6 Å². The molecule has 3 aromatic carbocycles. The van der Waals surface area contributed by atoms with Crippen LogP contribution in [-0.4, -0.2) is 32.9 Å². The van der Waals surface area contributed by atoms with Crippen LogP contribution in [0.1, 0.15) is 5.56 Å². The number of aromatic nitrogens is 2. The Morgan fingerprint density at radius 1 is 1.17 bits per heavy atom. The van der Waals surface area contributed by atoms with Crippen LogP contribution in [0.4, 0.5) is 11.4 Å². The number of aliphatic imine (C=N–C) groups is 1. The summed E-state index contributed by atoms with van der Waals surface area (Å²) in [5, 5.41) is 20.8. The molecule has 8 heteroatoms. The van der Waals surface area contributed by atoms with Crippen LogP contribution in [0.5, 0.6) is 11.5 Å². The summed E-state index contributed by atoms with van der Waals surface area (Å²) in [7, 11) is 1.62. The molecule has 0 aliphatic carbocycles. The van der Waals surface area contributed by atoms with E-state index in [-0.39, 0.29) is 17.0 Å². The van der Waals surface area contributed by atoms with Crippen molar-refractivity contribution >= 4 is 28.6 Å². The normalized spacial score (nSPS) is 11.2. The Morgan fingerprint density at radius 3 is 2.79 bits per heavy atom. The number of phenols is 1. The zero-order valence-corrected chi connectivity index (χ0v) is 15.4. The molecular formula is C21H16N4O4. The predicted octanol–water partition coefficient (Wildman–Crippen LogP) is 4.40. The third kappa shape index (κ3) is 3.51. The van der Waals surface area contributed by atoms with Gasteiger partial charge in [-0.3, -0.25) is 19.7 Å².